The summed E-state index contributed by atoms with van der Waals surface area (Å²) in [5.41, 5.74) is 2.04. The maximum absolute atomic E-state index is 13.2. The minimum Gasteiger partial charge on any atom is -0.457 e. The van der Waals surface area contributed by atoms with Crippen LogP contribution >= 0.6 is 28.1 Å². The maximum atomic E-state index is 13.2. The van der Waals surface area contributed by atoms with Gasteiger partial charge in [-0.2, -0.15) is 0 Å². The summed E-state index contributed by atoms with van der Waals surface area (Å²) in [5, 5.41) is 13.5. The Kier molecular flexibility index (Phi) is 6.45. The molecule has 0 unspecified atom stereocenters. The van der Waals surface area contributed by atoms with Crippen LogP contribution < -0.4 is 10.2 Å². The van der Waals surface area contributed by atoms with E-state index in [-0.39, 0.29) is 22.1 Å². The molecule has 34 heavy (non-hydrogen) atoms. The highest BCUT2D eigenvalue weighted by atomic mass is 79.9. The van der Waals surface area contributed by atoms with E-state index in [0.717, 1.165) is 5.56 Å². The van der Waals surface area contributed by atoms with E-state index in [0.29, 0.717) is 27.4 Å². The second kappa shape index (κ2) is 9.32. The second-order valence-electron chi connectivity index (χ2n) is 7.83. The van der Waals surface area contributed by atoms with Crippen molar-refractivity contribution in [3.63, 3.8) is 0 Å². The van der Waals surface area contributed by atoms with Crippen molar-refractivity contribution in [3.05, 3.63) is 86.1 Å². The zero-order valence-corrected chi connectivity index (χ0v) is 20.5. The second-order valence-corrected chi connectivity index (χ2v) is 9.07. The highest BCUT2D eigenvalue weighted by molar-refractivity contribution is 9.10. The van der Waals surface area contributed by atoms with Gasteiger partial charge in [0.1, 0.15) is 17.1 Å². The van der Waals surface area contributed by atoms with E-state index in [1.165, 1.54) is 23.1 Å². The monoisotopic (exact) mass is 539 g/mol. The molecule has 1 aromatic heterocycles. The number of nitrogens with zero attached hydrogens (tertiary/aromatic N) is 2. The third-order valence-electron chi connectivity index (χ3n) is 5.26. The summed E-state index contributed by atoms with van der Waals surface area (Å²) in [7, 11) is 0. The third-order valence-corrected chi connectivity index (χ3v) is 6.20. The normalized spacial score (nSPS) is 15.2. The van der Waals surface area contributed by atoms with Gasteiger partial charge in [0, 0.05) is 22.2 Å². The molecule has 0 bridgehead atoms. The van der Waals surface area contributed by atoms with Gasteiger partial charge < -0.3 is 4.42 Å². The molecule has 2 amide bonds. The molecule has 2 heterocycles. The van der Waals surface area contributed by atoms with Crippen molar-refractivity contribution in [2.45, 2.75) is 19.8 Å². The molecule has 1 saturated heterocycles. The first-order valence-electron chi connectivity index (χ1n) is 10.2. The summed E-state index contributed by atoms with van der Waals surface area (Å²) >= 11 is 8.56. The van der Waals surface area contributed by atoms with E-state index in [4.69, 9.17) is 16.6 Å². The molecule has 172 valence electrons. The van der Waals surface area contributed by atoms with Gasteiger partial charge >= 0.3 is 0 Å². The number of nitro benzene ring substituents is 1. The van der Waals surface area contributed by atoms with Crippen molar-refractivity contribution in [2.75, 3.05) is 4.90 Å². The number of furan rings is 1. The quantitative estimate of drug-likeness (QED) is 0.149. The number of hydrogen-bond donors (Lipinski definition) is 1. The average molecular weight is 540 g/mol. The maximum Gasteiger partial charge on any atom is 0.270 e. The van der Waals surface area contributed by atoms with Gasteiger partial charge in [0.25, 0.3) is 17.5 Å². The molecule has 1 N–H and O–H groups in total. The summed E-state index contributed by atoms with van der Waals surface area (Å²) in [6.45, 7) is 4.14. The molecule has 0 atom stereocenters. The summed E-state index contributed by atoms with van der Waals surface area (Å²) in [5.74, 6) is -0.187. The van der Waals surface area contributed by atoms with Crippen LogP contribution in [0.15, 0.2) is 69.1 Å². The zero-order chi connectivity index (χ0) is 24.6. The fraction of sp³-hybridized carbons (Fsp3) is 0.125. The molecule has 1 aliphatic heterocycles. The summed E-state index contributed by atoms with van der Waals surface area (Å²) in [6, 6.07) is 14.9. The van der Waals surface area contributed by atoms with E-state index < -0.39 is 16.7 Å². The number of halogens is 1. The van der Waals surface area contributed by atoms with Gasteiger partial charge in [0.2, 0.25) is 0 Å². The van der Waals surface area contributed by atoms with E-state index in [2.05, 4.69) is 35.1 Å². The molecule has 0 aliphatic carbocycles. The van der Waals surface area contributed by atoms with Gasteiger partial charge in [-0.15, -0.1) is 0 Å². The largest absolute Gasteiger partial charge is 0.457 e. The van der Waals surface area contributed by atoms with Crippen LogP contribution in [0.3, 0.4) is 0 Å². The SMILES string of the molecule is CC(C)c1ccc(N2C(=O)/C(=C\c3ccc(-c4ccc([N+](=O)[O-])cc4Br)o3)C(=O)NC2=S)cc1. The lowest BCUT2D eigenvalue weighted by atomic mass is 10.0. The number of carbonyl (C=O) groups excluding carboxylic acids is 2. The number of nitro groups is 1. The van der Waals surface area contributed by atoms with Gasteiger partial charge in [0.15, 0.2) is 5.11 Å². The third kappa shape index (κ3) is 4.55. The lowest BCUT2D eigenvalue weighted by Crippen LogP contribution is -2.54. The molecule has 0 radical (unpaired) electrons. The Morgan fingerprint density at radius 3 is 2.44 bits per heavy atom. The Bertz CT molecular complexity index is 1360. The van der Waals surface area contributed by atoms with E-state index in [1.54, 1.807) is 30.3 Å². The number of amides is 2. The molecule has 1 fully saturated rings. The first kappa shape index (κ1) is 23.5. The molecule has 2 aromatic carbocycles. The zero-order valence-electron chi connectivity index (χ0n) is 18.1. The standard InChI is InChI=1S/C24H18BrN3O5S/c1-13(2)14-3-5-15(6-4-14)27-23(30)19(22(29)26-24(27)34)12-17-8-10-21(33-17)18-9-7-16(28(31)32)11-20(18)25/h3-13H,1-2H3,(H,26,29,34)/b19-12-. The van der Waals surface area contributed by atoms with Crippen molar-refractivity contribution in [2.24, 2.45) is 0 Å². The summed E-state index contributed by atoms with van der Waals surface area (Å²) in [6.07, 6.45) is 1.34. The average Bonchev–Trinajstić information content (AvgIpc) is 3.25. The summed E-state index contributed by atoms with van der Waals surface area (Å²) < 4.78 is 6.28. The number of rotatable bonds is 5. The summed E-state index contributed by atoms with van der Waals surface area (Å²) in [4.78, 5) is 37.5. The molecular weight excluding hydrogens is 522 g/mol. The van der Waals surface area contributed by atoms with Crippen LogP contribution in [0.1, 0.15) is 31.1 Å². The van der Waals surface area contributed by atoms with Crippen LogP contribution in [-0.2, 0) is 9.59 Å². The predicted molar refractivity (Wildman–Crippen MR) is 135 cm³/mol. The predicted octanol–water partition coefficient (Wildman–Crippen LogP) is 5.57. The number of nitrogens with one attached hydrogen (secondary N) is 1. The van der Waals surface area contributed by atoms with Gasteiger partial charge in [-0.1, -0.05) is 26.0 Å². The molecule has 10 heteroatoms. The van der Waals surface area contributed by atoms with E-state index in [1.807, 2.05) is 12.1 Å². The van der Waals surface area contributed by atoms with Gasteiger partial charge in [-0.3, -0.25) is 29.9 Å². The van der Waals surface area contributed by atoms with E-state index >= 15 is 0 Å². The Hall–Kier alpha value is -3.63. The lowest BCUT2D eigenvalue weighted by molar-refractivity contribution is -0.384. The number of carbonyl (C=O) groups is 2. The lowest BCUT2D eigenvalue weighted by Gasteiger charge is -2.29. The van der Waals surface area contributed by atoms with Crippen molar-refractivity contribution in [1.82, 2.24) is 5.32 Å². The topological polar surface area (TPSA) is 106 Å². The number of non-ortho nitro benzene ring substituents is 1. The number of hydrogen-bond acceptors (Lipinski definition) is 6. The molecular formula is C24H18BrN3O5S. The molecule has 3 aromatic rings. The van der Waals surface area contributed by atoms with Gasteiger partial charge in [-0.05, 0) is 76.0 Å². The molecule has 0 saturated carbocycles. The van der Waals surface area contributed by atoms with Crippen LogP contribution in [0, 0.1) is 10.1 Å². The van der Waals surface area contributed by atoms with Crippen LogP contribution in [0.5, 0.6) is 0 Å². The van der Waals surface area contributed by atoms with Crippen molar-refractivity contribution >= 4 is 62.5 Å². The van der Waals surface area contributed by atoms with Crippen molar-refractivity contribution < 1.29 is 18.9 Å². The molecule has 0 spiro atoms. The molecule has 8 nitrogen and oxygen atoms in total. The first-order chi connectivity index (χ1) is 16.2. The molecule has 4 rings (SSSR count). The number of thiocarbonyl (C=S) groups is 1. The Morgan fingerprint density at radius 1 is 1.12 bits per heavy atom. The smallest absolute Gasteiger partial charge is 0.270 e. The van der Waals surface area contributed by atoms with Crippen LogP contribution in [-0.4, -0.2) is 21.9 Å². The molecule has 1 aliphatic rings. The van der Waals surface area contributed by atoms with E-state index in [9.17, 15) is 19.7 Å². The van der Waals surface area contributed by atoms with Gasteiger partial charge in [0.05, 0.1) is 10.6 Å². The van der Waals surface area contributed by atoms with Crippen LogP contribution in [0.2, 0.25) is 0 Å². The van der Waals surface area contributed by atoms with Crippen LogP contribution in [0.25, 0.3) is 17.4 Å². The minimum absolute atomic E-state index is 0.000564. The Balaban J connectivity index is 1.64. The number of benzene rings is 2. The minimum atomic E-state index is -0.625. The highest BCUT2D eigenvalue weighted by Gasteiger charge is 2.34. The van der Waals surface area contributed by atoms with Gasteiger partial charge in [-0.25, -0.2) is 0 Å². The Labute approximate surface area is 208 Å². The fourth-order valence-electron chi connectivity index (χ4n) is 3.44. The van der Waals surface area contributed by atoms with Crippen molar-refractivity contribution in [3.8, 4) is 11.3 Å². The van der Waals surface area contributed by atoms with Crippen LogP contribution in [0.4, 0.5) is 11.4 Å². The fourth-order valence-corrected chi connectivity index (χ4v) is 4.28. The Morgan fingerprint density at radius 2 is 1.82 bits per heavy atom. The van der Waals surface area contributed by atoms with Crippen molar-refractivity contribution in [1.29, 1.82) is 0 Å². The highest BCUT2D eigenvalue weighted by Crippen LogP contribution is 2.33. The number of anilines is 1. The first-order valence-corrected chi connectivity index (χ1v) is 11.4.